The van der Waals surface area contributed by atoms with Crippen molar-refractivity contribution in [2.24, 2.45) is 5.10 Å². The number of hydrogen-bond donors (Lipinski definition) is 2. The summed E-state index contributed by atoms with van der Waals surface area (Å²) < 4.78 is 35.6. The fourth-order valence-electron chi connectivity index (χ4n) is 2.94. The van der Waals surface area contributed by atoms with Crippen LogP contribution < -0.4 is 19.6 Å². The number of anilines is 1. The van der Waals surface area contributed by atoms with Crippen molar-refractivity contribution in [1.29, 1.82) is 0 Å². The van der Waals surface area contributed by atoms with E-state index in [2.05, 4.69) is 15.2 Å². The quantitative estimate of drug-likeness (QED) is 0.385. The average molecular weight is 468 g/mol. The van der Waals surface area contributed by atoms with E-state index in [1.165, 1.54) is 32.4 Å². The Hall–Kier alpha value is -3.85. The highest BCUT2D eigenvalue weighted by molar-refractivity contribution is 7.89. The topological polar surface area (TPSA) is 106 Å². The van der Waals surface area contributed by atoms with Crippen LogP contribution in [0.1, 0.15) is 28.4 Å². The van der Waals surface area contributed by atoms with Crippen molar-refractivity contribution in [3.8, 4) is 11.5 Å². The van der Waals surface area contributed by atoms with Crippen LogP contribution >= 0.6 is 0 Å². The first kappa shape index (κ1) is 23.8. The molecule has 33 heavy (non-hydrogen) atoms. The highest BCUT2D eigenvalue weighted by atomic mass is 32.2. The van der Waals surface area contributed by atoms with Gasteiger partial charge in [0.25, 0.3) is 15.9 Å². The summed E-state index contributed by atoms with van der Waals surface area (Å²) in [6, 6.07) is 18.6. The lowest BCUT2D eigenvalue weighted by Gasteiger charge is -2.11. The molecule has 0 aliphatic carbocycles. The molecule has 0 heterocycles. The number of ether oxygens (including phenoxy) is 2. The highest BCUT2D eigenvalue weighted by Crippen LogP contribution is 2.28. The predicted octanol–water partition coefficient (Wildman–Crippen LogP) is 3.97. The van der Waals surface area contributed by atoms with Gasteiger partial charge in [-0.15, -0.1) is 0 Å². The van der Waals surface area contributed by atoms with Crippen LogP contribution in [0.15, 0.2) is 76.7 Å². The van der Waals surface area contributed by atoms with Crippen molar-refractivity contribution in [1.82, 2.24) is 4.83 Å². The average Bonchev–Trinajstić information content (AvgIpc) is 2.83. The summed E-state index contributed by atoms with van der Waals surface area (Å²) in [5, 5.41) is 6.84. The molecule has 3 aromatic carbocycles. The van der Waals surface area contributed by atoms with Crippen molar-refractivity contribution < 1.29 is 22.7 Å². The van der Waals surface area contributed by atoms with E-state index in [4.69, 9.17) is 9.47 Å². The number of carbonyl (C=O) groups is 1. The lowest BCUT2D eigenvalue weighted by atomic mass is 10.1. The standard InChI is InChI=1S/C24H25N3O5S/c1-16-5-7-19(8-6-16)24(28)25-20-11-9-18(10-12-20)17(2)26-27-33(29,30)23-14-13-21(31-3)15-22(23)32-4/h5-15,27H,1-4H3,(H,25,28)/b26-17+. The number of hydrazone groups is 1. The van der Waals surface area contributed by atoms with Gasteiger partial charge in [0.05, 0.1) is 19.9 Å². The summed E-state index contributed by atoms with van der Waals surface area (Å²) in [7, 11) is -1.11. The molecule has 0 aliphatic rings. The maximum absolute atomic E-state index is 12.7. The SMILES string of the molecule is COc1ccc(S(=O)(=O)N/N=C(\C)c2ccc(NC(=O)c3ccc(C)cc3)cc2)c(OC)c1. The summed E-state index contributed by atoms with van der Waals surface area (Å²) in [5.74, 6) is 0.401. The zero-order valence-corrected chi connectivity index (χ0v) is 19.6. The summed E-state index contributed by atoms with van der Waals surface area (Å²) in [6.45, 7) is 3.63. The van der Waals surface area contributed by atoms with Crippen LogP contribution in [-0.2, 0) is 10.0 Å². The Morgan fingerprint density at radius 3 is 2.12 bits per heavy atom. The molecule has 0 saturated carbocycles. The second-order valence-electron chi connectivity index (χ2n) is 7.21. The minimum Gasteiger partial charge on any atom is -0.497 e. The molecule has 2 N–H and O–H groups in total. The largest absolute Gasteiger partial charge is 0.497 e. The first-order valence-electron chi connectivity index (χ1n) is 10.00. The molecule has 172 valence electrons. The molecule has 0 aromatic heterocycles. The number of nitrogens with zero attached hydrogens (tertiary/aromatic N) is 1. The minimum absolute atomic E-state index is 0.0588. The molecular formula is C24H25N3O5S. The Morgan fingerprint density at radius 2 is 1.52 bits per heavy atom. The van der Waals surface area contributed by atoms with Crippen molar-refractivity contribution in [3.05, 3.63) is 83.4 Å². The van der Waals surface area contributed by atoms with Crippen LogP contribution in [-0.4, -0.2) is 34.3 Å². The van der Waals surface area contributed by atoms with E-state index in [1.807, 2.05) is 19.1 Å². The lowest BCUT2D eigenvalue weighted by molar-refractivity contribution is 0.102. The van der Waals surface area contributed by atoms with Gasteiger partial charge in [-0.25, -0.2) is 0 Å². The molecule has 0 saturated heterocycles. The van der Waals surface area contributed by atoms with E-state index in [9.17, 15) is 13.2 Å². The van der Waals surface area contributed by atoms with Gasteiger partial charge in [-0.05, 0) is 55.8 Å². The van der Waals surface area contributed by atoms with E-state index in [-0.39, 0.29) is 16.6 Å². The van der Waals surface area contributed by atoms with Gasteiger partial charge < -0.3 is 14.8 Å². The fourth-order valence-corrected chi connectivity index (χ4v) is 3.95. The number of carbonyl (C=O) groups excluding carboxylic acids is 1. The maximum Gasteiger partial charge on any atom is 0.280 e. The Kier molecular flexibility index (Phi) is 7.34. The first-order chi connectivity index (χ1) is 15.7. The molecule has 9 heteroatoms. The predicted molar refractivity (Wildman–Crippen MR) is 128 cm³/mol. The van der Waals surface area contributed by atoms with Crippen molar-refractivity contribution >= 4 is 27.3 Å². The zero-order valence-electron chi connectivity index (χ0n) is 18.7. The third-order valence-electron chi connectivity index (χ3n) is 4.87. The van der Waals surface area contributed by atoms with Crippen LogP contribution in [0.4, 0.5) is 5.69 Å². The van der Waals surface area contributed by atoms with E-state index < -0.39 is 10.0 Å². The van der Waals surface area contributed by atoms with Gasteiger partial charge in [0.15, 0.2) is 0 Å². The van der Waals surface area contributed by atoms with Crippen LogP contribution in [0.5, 0.6) is 11.5 Å². The van der Waals surface area contributed by atoms with Gasteiger partial charge in [0, 0.05) is 17.3 Å². The number of sulfonamides is 1. The molecule has 0 unspecified atom stereocenters. The van der Waals surface area contributed by atoms with Crippen molar-refractivity contribution in [2.75, 3.05) is 19.5 Å². The molecule has 0 radical (unpaired) electrons. The van der Waals surface area contributed by atoms with Crippen LogP contribution in [0, 0.1) is 6.92 Å². The van der Waals surface area contributed by atoms with Gasteiger partial charge in [-0.3, -0.25) is 4.79 Å². The second-order valence-corrected chi connectivity index (χ2v) is 8.84. The van der Waals surface area contributed by atoms with Crippen LogP contribution in [0.25, 0.3) is 0 Å². The Labute approximate surface area is 193 Å². The normalized spacial score (nSPS) is 11.6. The third kappa shape index (κ3) is 5.89. The lowest BCUT2D eigenvalue weighted by Crippen LogP contribution is -2.20. The molecule has 1 amide bonds. The Balaban J connectivity index is 1.70. The molecule has 0 spiro atoms. The zero-order chi connectivity index (χ0) is 24.0. The Morgan fingerprint density at radius 1 is 0.879 bits per heavy atom. The molecule has 8 nitrogen and oxygen atoms in total. The molecule has 3 aromatic rings. The number of amides is 1. The Bertz CT molecular complexity index is 1270. The van der Waals surface area contributed by atoms with Gasteiger partial charge in [0.1, 0.15) is 16.4 Å². The van der Waals surface area contributed by atoms with Crippen LogP contribution in [0.3, 0.4) is 0 Å². The molecule has 3 rings (SSSR count). The van der Waals surface area contributed by atoms with Crippen LogP contribution in [0.2, 0.25) is 0 Å². The highest BCUT2D eigenvalue weighted by Gasteiger charge is 2.20. The summed E-state index contributed by atoms with van der Waals surface area (Å²) in [6.07, 6.45) is 0. The summed E-state index contributed by atoms with van der Waals surface area (Å²) in [5.41, 5.74) is 3.38. The van der Waals surface area contributed by atoms with E-state index in [0.29, 0.717) is 28.3 Å². The number of rotatable bonds is 8. The smallest absolute Gasteiger partial charge is 0.280 e. The summed E-state index contributed by atoms with van der Waals surface area (Å²) in [4.78, 5) is 14.5. The second kappa shape index (κ2) is 10.2. The maximum atomic E-state index is 12.7. The molecule has 0 bridgehead atoms. The molecular weight excluding hydrogens is 442 g/mol. The monoisotopic (exact) mass is 467 g/mol. The van der Waals surface area contributed by atoms with E-state index in [0.717, 1.165) is 5.56 Å². The van der Waals surface area contributed by atoms with Gasteiger partial charge in [-0.2, -0.15) is 18.4 Å². The number of benzene rings is 3. The number of aryl methyl sites for hydroxylation is 1. The molecule has 0 aliphatic heterocycles. The third-order valence-corrected chi connectivity index (χ3v) is 6.12. The number of hydrogen-bond acceptors (Lipinski definition) is 6. The van der Waals surface area contributed by atoms with Crippen molar-refractivity contribution in [3.63, 3.8) is 0 Å². The van der Waals surface area contributed by atoms with Gasteiger partial charge in [0.2, 0.25) is 0 Å². The van der Waals surface area contributed by atoms with E-state index >= 15 is 0 Å². The van der Waals surface area contributed by atoms with Crippen molar-refractivity contribution in [2.45, 2.75) is 18.7 Å². The fraction of sp³-hybridized carbons (Fsp3) is 0.167. The number of nitrogens with one attached hydrogen (secondary N) is 2. The summed E-state index contributed by atoms with van der Waals surface area (Å²) >= 11 is 0. The first-order valence-corrected chi connectivity index (χ1v) is 11.5. The van der Waals surface area contributed by atoms with E-state index in [1.54, 1.807) is 43.3 Å². The van der Waals surface area contributed by atoms with Gasteiger partial charge >= 0.3 is 0 Å². The number of methoxy groups -OCH3 is 2. The minimum atomic E-state index is -3.96. The van der Waals surface area contributed by atoms with Gasteiger partial charge in [-0.1, -0.05) is 29.8 Å². The molecule has 0 fully saturated rings. The molecule has 0 atom stereocenters.